The van der Waals surface area contributed by atoms with Crippen molar-refractivity contribution in [2.24, 2.45) is 0 Å². The summed E-state index contributed by atoms with van der Waals surface area (Å²) < 4.78 is 1.99. The second-order valence-corrected chi connectivity index (χ2v) is 8.56. The number of hydrogen-bond donors (Lipinski definition) is 1. The standard InChI is InChI=1S/C22H32N6O/c1-14(28-17(4)15(2)16(3)26-28)11-21(29)27-10-8-19-18(13-27)12-24-22(25-19)20-7-5-6-9-23-20/h12,14,20,23H,5-11,13H2,1-4H3/t14-,20-/m0/s1. The van der Waals surface area contributed by atoms with Gasteiger partial charge in [-0.3, -0.25) is 9.48 Å². The van der Waals surface area contributed by atoms with Crippen LogP contribution in [0.4, 0.5) is 0 Å². The van der Waals surface area contributed by atoms with Crippen molar-refractivity contribution in [1.82, 2.24) is 30.0 Å². The molecule has 0 aliphatic carbocycles. The van der Waals surface area contributed by atoms with Gasteiger partial charge in [0.15, 0.2) is 0 Å². The third-order valence-electron chi connectivity index (χ3n) is 6.50. The molecule has 4 heterocycles. The van der Waals surface area contributed by atoms with Crippen LogP contribution < -0.4 is 5.32 Å². The van der Waals surface area contributed by atoms with E-state index >= 15 is 0 Å². The molecule has 0 saturated carbocycles. The molecule has 156 valence electrons. The second-order valence-electron chi connectivity index (χ2n) is 8.56. The Kier molecular flexibility index (Phi) is 5.67. The fraction of sp³-hybridized carbons (Fsp3) is 0.636. The van der Waals surface area contributed by atoms with E-state index in [-0.39, 0.29) is 18.0 Å². The van der Waals surface area contributed by atoms with Gasteiger partial charge in [-0.1, -0.05) is 6.42 Å². The van der Waals surface area contributed by atoms with Gasteiger partial charge in [0.1, 0.15) is 5.82 Å². The molecule has 7 heteroatoms. The van der Waals surface area contributed by atoms with E-state index in [4.69, 9.17) is 4.98 Å². The number of aryl methyl sites for hydroxylation is 1. The summed E-state index contributed by atoms with van der Waals surface area (Å²) in [6.07, 6.45) is 6.76. The molecule has 2 aliphatic rings. The normalized spacial score (nSPS) is 20.4. The number of rotatable bonds is 4. The van der Waals surface area contributed by atoms with Gasteiger partial charge in [-0.05, 0) is 52.6 Å². The molecule has 0 aromatic carbocycles. The lowest BCUT2D eigenvalue weighted by Gasteiger charge is -2.30. The van der Waals surface area contributed by atoms with Gasteiger partial charge in [-0.15, -0.1) is 0 Å². The molecule has 29 heavy (non-hydrogen) atoms. The van der Waals surface area contributed by atoms with Crippen molar-refractivity contribution in [2.75, 3.05) is 13.1 Å². The van der Waals surface area contributed by atoms with Crippen LogP contribution in [0.2, 0.25) is 0 Å². The predicted octanol–water partition coefficient (Wildman–Crippen LogP) is 2.95. The molecule has 0 radical (unpaired) electrons. The summed E-state index contributed by atoms with van der Waals surface area (Å²) in [5, 5.41) is 8.14. The Labute approximate surface area is 172 Å². The lowest BCUT2D eigenvalue weighted by atomic mass is 10.0. The molecular weight excluding hydrogens is 364 g/mol. The maximum Gasteiger partial charge on any atom is 0.225 e. The van der Waals surface area contributed by atoms with E-state index in [1.807, 2.05) is 22.7 Å². The van der Waals surface area contributed by atoms with Crippen molar-refractivity contribution in [2.45, 2.75) is 78.4 Å². The molecule has 0 bridgehead atoms. The molecule has 4 rings (SSSR count). The van der Waals surface area contributed by atoms with E-state index in [2.05, 4.69) is 36.2 Å². The summed E-state index contributed by atoms with van der Waals surface area (Å²) in [5.74, 6) is 1.09. The summed E-state index contributed by atoms with van der Waals surface area (Å²) in [6.45, 7) is 10.6. The van der Waals surface area contributed by atoms with Crippen molar-refractivity contribution < 1.29 is 4.79 Å². The smallest absolute Gasteiger partial charge is 0.225 e. The third-order valence-corrected chi connectivity index (χ3v) is 6.50. The van der Waals surface area contributed by atoms with Crippen molar-refractivity contribution in [3.63, 3.8) is 0 Å². The fourth-order valence-electron chi connectivity index (χ4n) is 4.43. The maximum absolute atomic E-state index is 12.9. The van der Waals surface area contributed by atoms with Gasteiger partial charge >= 0.3 is 0 Å². The molecule has 2 aromatic rings. The molecular formula is C22H32N6O. The molecule has 1 N–H and O–H groups in total. The average molecular weight is 397 g/mol. The van der Waals surface area contributed by atoms with E-state index in [0.29, 0.717) is 13.0 Å². The van der Waals surface area contributed by atoms with E-state index in [0.717, 1.165) is 54.4 Å². The van der Waals surface area contributed by atoms with Crippen LogP contribution >= 0.6 is 0 Å². The van der Waals surface area contributed by atoms with Crippen LogP contribution in [0.5, 0.6) is 0 Å². The lowest BCUT2D eigenvalue weighted by Crippen LogP contribution is -2.38. The number of nitrogens with zero attached hydrogens (tertiary/aromatic N) is 5. The number of piperidine rings is 1. The first-order chi connectivity index (χ1) is 13.9. The van der Waals surface area contributed by atoms with E-state index in [9.17, 15) is 4.79 Å². The number of carbonyl (C=O) groups is 1. The minimum Gasteiger partial charge on any atom is -0.338 e. The minimum absolute atomic E-state index is 0.0484. The first kappa shape index (κ1) is 20.0. The lowest BCUT2D eigenvalue weighted by molar-refractivity contribution is -0.133. The van der Waals surface area contributed by atoms with Gasteiger partial charge in [0.2, 0.25) is 5.91 Å². The highest BCUT2D eigenvalue weighted by molar-refractivity contribution is 5.77. The van der Waals surface area contributed by atoms with Crippen LogP contribution in [-0.4, -0.2) is 43.6 Å². The van der Waals surface area contributed by atoms with Gasteiger partial charge in [-0.2, -0.15) is 5.10 Å². The molecule has 1 amide bonds. The highest BCUT2D eigenvalue weighted by Crippen LogP contribution is 2.25. The molecule has 0 spiro atoms. The largest absolute Gasteiger partial charge is 0.338 e. The van der Waals surface area contributed by atoms with Gasteiger partial charge in [0.25, 0.3) is 0 Å². The van der Waals surface area contributed by atoms with Crippen LogP contribution in [0, 0.1) is 20.8 Å². The number of nitrogens with one attached hydrogen (secondary N) is 1. The van der Waals surface area contributed by atoms with E-state index < -0.39 is 0 Å². The molecule has 2 aromatic heterocycles. The van der Waals surface area contributed by atoms with Crippen molar-refractivity contribution in [3.8, 4) is 0 Å². The van der Waals surface area contributed by atoms with Gasteiger partial charge in [0, 0.05) is 43.4 Å². The van der Waals surface area contributed by atoms with Crippen LogP contribution in [0.1, 0.15) is 78.7 Å². The topological polar surface area (TPSA) is 75.9 Å². The summed E-state index contributed by atoms with van der Waals surface area (Å²) >= 11 is 0. The number of aromatic nitrogens is 4. The van der Waals surface area contributed by atoms with Crippen molar-refractivity contribution in [3.05, 3.63) is 40.2 Å². The zero-order chi connectivity index (χ0) is 20.5. The van der Waals surface area contributed by atoms with Gasteiger partial charge < -0.3 is 10.2 Å². The Morgan fingerprint density at radius 3 is 2.83 bits per heavy atom. The second kappa shape index (κ2) is 8.22. The SMILES string of the molecule is Cc1nn([C@@H](C)CC(=O)N2CCc3nc([C@@H]4CCCCN4)ncc3C2)c(C)c1C. The first-order valence-corrected chi connectivity index (χ1v) is 10.8. The Balaban J connectivity index is 1.41. The number of hydrogen-bond acceptors (Lipinski definition) is 5. The van der Waals surface area contributed by atoms with Crippen molar-refractivity contribution >= 4 is 5.91 Å². The zero-order valence-electron chi connectivity index (χ0n) is 18.0. The highest BCUT2D eigenvalue weighted by Gasteiger charge is 2.26. The molecule has 2 aliphatic heterocycles. The van der Waals surface area contributed by atoms with E-state index in [1.54, 1.807) is 0 Å². The van der Waals surface area contributed by atoms with Crippen molar-refractivity contribution in [1.29, 1.82) is 0 Å². The Morgan fingerprint density at radius 1 is 1.31 bits per heavy atom. The van der Waals surface area contributed by atoms with E-state index in [1.165, 1.54) is 18.4 Å². The summed E-state index contributed by atoms with van der Waals surface area (Å²) in [6, 6.07) is 0.325. The van der Waals surface area contributed by atoms with Crippen LogP contribution in [-0.2, 0) is 17.8 Å². The van der Waals surface area contributed by atoms with Crippen LogP contribution in [0.25, 0.3) is 0 Å². The van der Waals surface area contributed by atoms with Gasteiger partial charge in [-0.25, -0.2) is 9.97 Å². The number of amides is 1. The van der Waals surface area contributed by atoms with Crippen LogP contribution in [0.15, 0.2) is 6.20 Å². The number of carbonyl (C=O) groups excluding carboxylic acids is 1. The molecule has 1 fully saturated rings. The Bertz CT molecular complexity index is 899. The predicted molar refractivity (Wildman–Crippen MR) is 112 cm³/mol. The third kappa shape index (κ3) is 4.06. The average Bonchev–Trinajstić information content (AvgIpc) is 3.01. The quantitative estimate of drug-likeness (QED) is 0.860. The van der Waals surface area contributed by atoms with Crippen LogP contribution in [0.3, 0.4) is 0 Å². The molecule has 1 saturated heterocycles. The first-order valence-electron chi connectivity index (χ1n) is 10.8. The minimum atomic E-state index is 0.0484. The van der Waals surface area contributed by atoms with Gasteiger partial charge in [0.05, 0.1) is 23.5 Å². The monoisotopic (exact) mass is 396 g/mol. The summed E-state index contributed by atoms with van der Waals surface area (Å²) in [7, 11) is 0. The summed E-state index contributed by atoms with van der Waals surface area (Å²) in [4.78, 5) is 24.3. The highest BCUT2D eigenvalue weighted by atomic mass is 16.2. The number of fused-ring (bicyclic) bond motifs is 1. The summed E-state index contributed by atoms with van der Waals surface area (Å²) in [5.41, 5.74) is 5.57. The maximum atomic E-state index is 12.9. The zero-order valence-corrected chi connectivity index (χ0v) is 18.0. The fourth-order valence-corrected chi connectivity index (χ4v) is 4.43. The molecule has 2 atom stereocenters. The Hall–Kier alpha value is -2.28. The molecule has 0 unspecified atom stereocenters. The molecule has 7 nitrogen and oxygen atoms in total. The Morgan fingerprint density at radius 2 is 2.14 bits per heavy atom.